The maximum absolute atomic E-state index is 3.30. The van der Waals surface area contributed by atoms with Crippen LogP contribution in [-0.4, -0.2) is 6.54 Å². The topological polar surface area (TPSA) is 12.0 Å². The zero-order valence-corrected chi connectivity index (χ0v) is 8.23. The third-order valence-corrected chi connectivity index (χ3v) is 2.42. The van der Waals surface area contributed by atoms with E-state index in [0.717, 1.165) is 12.3 Å². The first kappa shape index (κ1) is 9.62. The van der Waals surface area contributed by atoms with Gasteiger partial charge in [0, 0.05) is 12.3 Å². The van der Waals surface area contributed by atoms with Crippen molar-refractivity contribution in [1.82, 2.24) is 4.72 Å². The zero-order valence-electron chi connectivity index (χ0n) is 7.42. The number of rotatable bonds is 5. The molecule has 1 nitrogen and oxygen atoms in total. The minimum atomic E-state index is 1.06. The summed E-state index contributed by atoms with van der Waals surface area (Å²) >= 11 is 1.78. The van der Waals surface area contributed by atoms with E-state index in [4.69, 9.17) is 0 Å². The van der Waals surface area contributed by atoms with Gasteiger partial charge in [0.25, 0.3) is 0 Å². The van der Waals surface area contributed by atoms with E-state index in [9.17, 15) is 0 Å². The molecule has 0 amide bonds. The third-order valence-electron chi connectivity index (χ3n) is 1.54. The van der Waals surface area contributed by atoms with Crippen LogP contribution in [0, 0.1) is 0 Å². The molecule has 0 aliphatic carbocycles. The Labute approximate surface area is 78.7 Å². The molecule has 0 spiro atoms. The van der Waals surface area contributed by atoms with Gasteiger partial charge in [0.1, 0.15) is 0 Å². The molecular formula is C10H15NS. The number of hydrogen-bond donors (Lipinski definition) is 1. The number of nitrogens with one attached hydrogen (secondary N) is 1. The van der Waals surface area contributed by atoms with Crippen molar-refractivity contribution >= 4 is 11.9 Å². The second-order valence-corrected chi connectivity index (χ2v) is 3.53. The third kappa shape index (κ3) is 3.79. The highest BCUT2D eigenvalue weighted by Gasteiger charge is 1.89. The zero-order chi connectivity index (χ0) is 8.65. The van der Waals surface area contributed by atoms with Gasteiger partial charge in [-0.25, -0.2) is 0 Å². The molecule has 0 unspecified atom stereocenters. The van der Waals surface area contributed by atoms with Crippen LogP contribution in [0.4, 0.5) is 0 Å². The summed E-state index contributed by atoms with van der Waals surface area (Å²) in [6.45, 7) is 3.27. The highest BCUT2D eigenvalue weighted by atomic mass is 32.2. The molecule has 1 rings (SSSR count). The van der Waals surface area contributed by atoms with E-state index in [-0.39, 0.29) is 0 Å². The minimum Gasteiger partial charge on any atom is -0.264 e. The van der Waals surface area contributed by atoms with Crippen molar-refractivity contribution in [1.29, 1.82) is 0 Å². The first-order valence-electron chi connectivity index (χ1n) is 4.32. The van der Waals surface area contributed by atoms with Gasteiger partial charge < -0.3 is 0 Å². The summed E-state index contributed by atoms with van der Waals surface area (Å²) in [6.07, 6.45) is 1.20. The van der Waals surface area contributed by atoms with Crippen LogP contribution in [0.25, 0.3) is 0 Å². The fraction of sp³-hybridized carbons (Fsp3) is 0.400. The van der Waals surface area contributed by atoms with Gasteiger partial charge in [0.15, 0.2) is 0 Å². The number of benzene rings is 1. The van der Waals surface area contributed by atoms with Crippen molar-refractivity contribution in [2.45, 2.75) is 19.1 Å². The molecule has 0 heterocycles. The van der Waals surface area contributed by atoms with Crippen LogP contribution in [0.15, 0.2) is 30.3 Å². The van der Waals surface area contributed by atoms with Gasteiger partial charge in [-0.2, -0.15) is 0 Å². The Morgan fingerprint density at radius 3 is 2.67 bits per heavy atom. The van der Waals surface area contributed by atoms with Gasteiger partial charge in [0.05, 0.1) is 0 Å². The maximum atomic E-state index is 3.30. The summed E-state index contributed by atoms with van der Waals surface area (Å²) in [4.78, 5) is 0. The molecule has 0 saturated carbocycles. The van der Waals surface area contributed by atoms with Crippen LogP contribution in [-0.2, 0) is 5.75 Å². The molecule has 0 aromatic heterocycles. The highest BCUT2D eigenvalue weighted by Crippen LogP contribution is 2.07. The van der Waals surface area contributed by atoms with Crippen molar-refractivity contribution < 1.29 is 0 Å². The summed E-state index contributed by atoms with van der Waals surface area (Å²) in [5, 5.41) is 0. The minimum absolute atomic E-state index is 1.06. The first-order chi connectivity index (χ1) is 5.93. The lowest BCUT2D eigenvalue weighted by Gasteiger charge is -2.01. The Morgan fingerprint density at radius 2 is 2.00 bits per heavy atom. The van der Waals surface area contributed by atoms with Gasteiger partial charge in [0.2, 0.25) is 0 Å². The molecule has 0 radical (unpaired) electrons. The molecule has 0 fully saturated rings. The fourth-order valence-electron chi connectivity index (χ4n) is 0.883. The van der Waals surface area contributed by atoms with Gasteiger partial charge in [-0.05, 0) is 12.0 Å². The van der Waals surface area contributed by atoms with E-state index in [1.54, 1.807) is 11.9 Å². The molecule has 0 aliphatic heterocycles. The fourth-order valence-corrected chi connectivity index (χ4v) is 1.69. The average Bonchev–Trinajstić information content (AvgIpc) is 2.14. The smallest absolute Gasteiger partial charge is 0.0330 e. The van der Waals surface area contributed by atoms with Crippen LogP contribution in [0.2, 0.25) is 0 Å². The Morgan fingerprint density at radius 1 is 1.25 bits per heavy atom. The molecule has 0 aliphatic rings. The number of hydrogen-bond acceptors (Lipinski definition) is 2. The molecule has 1 N–H and O–H groups in total. The molecular weight excluding hydrogens is 166 g/mol. The van der Waals surface area contributed by atoms with Crippen LogP contribution < -0.4 is 4.72 Å². The predicted octanol–water partition coefficient (Wildman–Crippen LogP) is 2.83. The van der Waals surface area contributed by atoms with Crippen LogP contribution in [0.3, 0.4) is 0 Å². The van der Waals surface area contributed by atoms with Gasteiger partial charge in [-0.3, -0.25) is 4.72 Å². The van der Waals surface area contributed by atoms with Crippen molar-refractivity contribution in [3.8, 4) is 0 Å². The van der Waals surface area contributed by atoms with Crippen molar-refractivity contribution in [2.24, 2.45) is 0 Å². The Kier molecular flexibility index (Phi) is 4.88. The lowest BCUT2D eigenvalue weighted by molar-refractivity contribution is 0.877. The SMILES string of the molecule is CCCNSCc1ccccc1. The summed E-state index contributed by atoms with van der Waals surface area (Å²) in [7, 11) is 0. The highest BCUT2D eigenvalue weighted by molar-refractivity contribution is 7.96. The largest absolute Gasteiger partial charge is 0.264 e. The molecule has 1 aromatic rings. The van der Waals surface area contributed by atoms with Gasteiger partial charge in [-0.15, -0.1) is 0 Å². The molecule has 0 saturated heterocycles. The monoisotopic (exact) mass is 181 g/mol. The van der Waals surface area contributed by atoms with Gasteiger partial charge >= 0.3 is 0 Å². The molecule has 0 atom stereocenters. The van der Waals surface area contributed by atoms with Crippen molar-refractivity contribution in [2.75, 3.05) is 6.54 Å². The van der Waals surface area contributed by atoms with Crippen molar-refractivity contribution in [3.05, 3.63) is 35.9 Å². The predicted molar refractivity (Wildman–Crippen MR) is 56.0 cm³/mol. The van der Waals surface area contributed by atoms with E-state index >= 15 is 0 Å². The quantitative estimate of drug-likeness (QED) is 0.554. The van der Waals surface area contributed by atoms with Crippen LogP contribution in [0.1, 0.15) is 18.9 Å². The van der Waals surface area contributed by atoms with Gasteiger partial charge in [-0.1, -0.05) is 49.2 Å². The lowest BCUT2D eigenvalue weighted by Crippen LogP contribution is -2.03. The molecule has 66 valence electrons. The van der Waals surface area contributed by atoms with E-state index in [1.165, 1.54) is 12.0 Å². The van der Waals surface area contributed by atoms with E-state index in [2.05, 4.69) is 35.9 Å². The second-order valence-electron chi connectivity index (χ2n) is 2.67. The molecule has 2 heteroatoms. The normalized spacial score (nSPS) is 10.1. The summed E-state index contributed by atoms with van der Waals surface area (Å²) < 4.78 is 3.30. The Hall–Kier alpha value is -0.470. The Bertz CT molecular complexity index is 198. The average molecular weight is 181 g/mol. The Balaban J connectivity index is 2.16. The standard InChI is InChI=1S/C10H15NS/c1-2-8-11-12-9-10-6-4-3-5-7-10/h3-7,11H,2,8-9H2,1H3. The van der Waals surface area contributed by atoms with Crippen LogP contribution in [0.5, 0.6) is 0 Å². The first-order valence-corrected chi connectivity index (χ1v) is 5.30. The van der Waals surface area contributed by atoms with E-state index in [1.807, 2.05) is 6.07 Å². The van der Waals surface area contributed by atoms with Crippen molar-refractivity contribution in [3.63, 3.8) is 0 Å². The maximum Gasteiger partial charge on any atom is 0.0330 e. The second kappa shape index (κ2) is 6.09. The lowest BCUT2D eigenvalue weighted by atomic mass is 10.2. The van der Waals surface area contributed by atoms with Crippen LogP contribution >= 0.6 is 11.9 Å². The summed E-state index contributed by atoms with van der Waals surface area (Å²) in [6, 6.07) is 10.5. The molecule has 12 heavy (non-hydrogen) atoms. The van der Waals surface area contributed by atoms with E-state index in [0.29, 0.717) is 0 Å². The summed E-state index contributed by atoms with van der Waals surface area (Å²) in [5.41, 5.74) is 1.38. The summed E-state index contributed by atoms with van der Waals surface area (Å²) in [5.74, 6) is 1.06. The molecule has 0 bridgehead atoms. The molecule has 1 aromatic carbocycles. The van der Waals surface area contributed by atoms with E-state index < -0.39 is 0 Å².